The molecule has 6 heteroatoms. The van der Waals surface area contributed by atoms with Crippen molar-refractivity contribution in [3.05, 3.63) is 46.1 Å². The van der Waals surface area contributed by atoms with Gasteiger partial charge in [-0.15, -0.1) is 0 Å². The van der Waals surface area contributed by atoms with Crippen LogP contribution in [0.2, 0.25) is 0 Å². The van der Waals surface area contributed by atoms with Gasteiger partial charge in [0.05, 0.1) is 12.8 Å². The Morgan fingerprint density at radius 1 is 1.62 bits per heavy atom. The van der Waals surface area contributed by atoms with E-state index in [0.29, 0.717) is 17.2 Å². The van der Waals surface area contributed by atoms with Gasteiger partial charge in [-0.3, -0.25) is 5.41 Å². The summed E-state index contributed by atoms with van der Waals surface area (Å²) in [6.07, 6.45) is 6.47. The molecule has 0 spiro atoms. The van der Waals surface area contributed by atoms with Crippen molar-refractivity contribution in [2.24, 2.45) is 5.73 Å². The van der Waals surface area contributed by atoms with E-state index in [2.05, 4.69) is 21.2 Å². The average molecular weight is 305 g/mol. The molecule has 0 unspecified atom stereocenters. The third-order valence-corrected chi connectivity index (χ3v) is 2.37. The fourth-order valence-electron chi connectivity index (χ4n) is 1.08. The maximum atomic E-state index is 7.04. The lowest BCUT2D eigenvalue weighted by Crippen LogP contribution is -2.18. The quantitative estimate of drug-likeness (QED) is 0.701. The Morgan fingerprint density at radius 2 is 2.31 bits per heavy atom. The van der Waals surface area contributed by atoms with Crippen LogP contribution in [0.4, 0.5) is 0 Å². The zero-order chi connectivity index (χ0) is 12.1. The summed E-state index contributed by atoms with van der Waals surface area (Å²) in [7, 11) is 1.56. The minimum absolute atomic E-state index is 0.0842. The number of nitrogens with one attached hydrogen (secondary N) is 2. The van der Waals surface area contributed by atoms with Crippen molar-refractivity contribution in [2.75, 3.05) is 7.11 Å². The first-order chi connectivity index (χ1) is 7.54. The van der Waals surface area contributed by atoms with Crippen molar-refractivity contribution in [3.63, 3.8) is 0 Å². The van der Waals surface area contributed by atoms with Crippen LogP contribution in [0.5, 0.6) is 0 Å². The number of hydrogen-bond donors (Lipinski definition) is 3. The summed E-state index contributed by atoms with van der Waals surface area (Å²) in [5.74, 6) is 0.609. The number of allylic oxidation sites excluding steroid dienone is 4. The molecule has 1 rings (SSSR count). The topological polar surface area (TPSA) is 71.1 Å². The molecule has 0 aliphatic carbocycles. The highest BCUT2D eigenvalue weighted by atomic mass is 79.9. The predicted molar refractivity (Wildman–Crippen MR) is 69.2 cm³/mol. The van der Waals surface area contributed by atoms with E-state index >= 15 is 0 Å². The minimum atomic E-state index is -0.0842. The smallest absolute Gasteiger partial charge is 0.145 e. The molecular weight excluding hydrogens is 293 g/mol. The van der Waals surface area contributed by atoms with E-state index in [1.54, 1.807) is 19.4 Å². The molecule has 0 radical (unpaired) electrons. The zero-order valence-corrected chi connectivity index (χ0v) is 10.9. The Bertz CT molecular complexity index is 424. The number of dihydropyridines is 1. The molecular formula is C10H11BrClN3O. The van der Waals surface area contributed by atoms with Gasteiger partial charge < -0.3 is 15.8 Å². The summed E-state index contributed by atoms with van der Waals surface area (Å²) in [6.45, 7) is 0. The SMILES string of the molecule is COC1=CC(Br)=CN/C1=C(N)\C=C/C(=N)Cl. The standard InChI is InChI=1S/C10H11BrClN3O/c1-16-8-4-6(11)5-15-10(8)7(13)2-3-9(12)14/h2-5,14-15H,13H2,1H3/b3-2-,10-7+,14-9?. The van der Waals surface area contributed by atoms with E-state index in [1.807, 2.05) is 0 Å². The minimum Gasteiger partial charge on any atom is -0.494 e. The van der Waals surface area contributed by atoms with Crippen molar-refractivity contribution in [3.8, 4) is 0 Å². The van der Waals surface area contributed by atoms with Crippen LogP contribution in [0.3, 0.4) is 0 Å². The van der Waals surface area contributed by atoms with Gasteiger partial charge in [0.25, 0.3) is 0 Å². The van der Waals surface area contributed by atoms with Crippen molar-refractivity contribution < 1.29 is 4.74 Å². The monoisotopic (exact) mass is 303 g/mol. The first kappa shape index (κ1) is 12.9. The largest absolute Gasteiger partial charge is 0.494 e. The molecule has 16 heavy (non-hydrogen) atoms. The fraction of sp³-hybridized carbons (Fsp3) is 0.100. The maximum Gasteiger partial charge on any atom is 0.145 e. The van der Waals surface area contributed by atoms with Gasteiger partial charge >= 0.3 is 0 Å². The van der Waals surface area contributed by atoms with Gasteiger partial charge in [-0.2, -0.15) is 0 Å². The van der Waals surface area contributed by atoms with Gasteiger partial charge in [0.1, 0.15) is 16.6 Å². The molecule has 0 aromatic heterocycles. The third kappa shape index (κ3) is 3.43. The molecule has 4 N–H and O–H groups in total. The van der Waals surface area contributed by atoms with Crippen LogP contribution >= 0.6 is 27.5 Å². The van der Waals surface area contributed by atoms with Crippen molar-refractivity contribution in [1.29, 1.82) is 5.41 Å². The number of methoxy groups -OCH3 is 1. The number of hydrogen-bond acceptors (Lipinski definition) is 4. The molecule has 4 nitrogen and oxygen atoms in total. The molecule has 1 aliphatic rings. The second-order valence-electron chi connectivity index (χ2n) is 2.90. The highest BCUT2D eigenvalue weighted by Crippen LogP contribution is 2.21. The first-order valence-corrected chi connectivity index (χ1v) is 5.52. The van der Waals surface area contributed by atoms with Crippen LogP contribution < -0.4 is 11.1 Å². The van der Waals surface area contributed by atoms with Gasteiger partial charge in [-0.1, -0.05) is 11.6 Å². The van der Waals surface area contributed by atoms with Crippen molar-refractivity contribution in [2.45, 2.75) is 0 Å². The van der Waals surface area contributed by atoms with Gasteiger partial charge in [-0.25, -0.2) is 0 Å². The van der Waals surface area contributed by atoms with Crippen molar-refractivity contribution in [1.82, 2.24) is 5.32 Å². The van der Waals surface area contributed by atoms with Crippen LogP contribution in [-0.2, 0) is 4.74 Å². The van der Waals surface area contributed by atoms with E-state index < -0.39 is 0 Å². The first-order valence-electron chi connectivity index (χ1n) is 4.34. The van der Waals surface area contributed by atoms with Crippen LogP contribution in [0.25, 0.3) is 0 Å². The maximum absolute atomic E-state index is 7.04. The molecule has 0 saturated heterocycles. The lowest BCUT2D eigenvalue weighted by molar-refractivity contribution is 0.296. The molecule has 0 atom stereocenters. The highest BCUT2D eigenvalue weighted by Gasteiger charge is 2.12. The van der Waals surface area contributed by atoms with Gasteiger partial charge in [0.15, 0.2) is 0 Å². The molecule has 0 amide bonds. The van der Waals surface area contributed by atoms with Crippen LogP contribution in [0.15, 0.2) is 46.1 Å². The van der Waals surface area contributed by atoms with Crippen LogP contribution in [0, 0.1) is 5.41 Å². The fourth-order valence-corrected chi connectivity index (χ4v) is 1.47. The van der Waals surface area contributed by atoms with Gasteiger partial charge in [0.2, 0.25) is 0 Å². The van der Waals surface area contributed by atoms with E-state index in [1.165, 1.54) is 12.2 Å². The molecule has 0 aromatic rings. The van der Waals surface area contributed by atoms with Gasteiger partial charge in [-0.05, 0) is 34.2 Å². The molecule has 0 fully saturated rings. The van der Waals surface area contributed by atoms with Crippen molar-refractivity contribution >= 4 is 32.7 Å². The summed E-state index contributed by atoms with van der Waals surface area (Å²) in [5.41, 5.74) is 6.90. The summed E-state index contributed by atoms with van der Waals surface area (Å²) >= 11 is 8.70. The van der Waals surface area contributed by atoms with E-state index in [-0.39, 0.29) is 5.17 Å². The molecule has 1 aliphatic heterocycles. The van der Waals surface area contributed by atoms with E-state index in [4.69, 9.17) is 27.5 Å². The molecule has 0 saturated carbocycles. The summed E-state index contributed by atoms with van der Waals surface area (Å²) in [4.78, 5) is 0. The second-order valence-corrected chi connectivity index (χ2v) is 4.22. The molecule has 1 heterocycles. The Labute approximate surface area is 107 Å². The Hall–Kier alpha value is -1.20. The molecule has 0 aromatic carbocycles. The van der Waals surface area contributed by atoms with Crippen LogP contribution in [0.1, 0.15) is 0 Å². The highest BCUT2D eigenvalue weighted by molar-refractivity contribution is 9.11. The second kappa shape index (κ2) is 5.77. The van der Waals surface area contributed by atoms with Gasteiger partial charge in [0, 0.05) is 10.7 Å². The lowest BCUT2D eigenvalue weighted by Gasteiger charge is -2.16. The molecule has 0 bridgehead atoms. The average Bonchev–Trinajstić information content (AvgIpc) is 2.25. The predicted octanol–water partition coefficient (Wildman–Crippen LogP) is 2.30. The summed E-state index contributed by atoms with van der Waals surface area (Å²) in [6, 6.07) is 0. The summed E-state index contributed by atoms with van der Waals surface area (Å²) < 4.78 is 6.03. The normalized spacial score (nSPS) is 18.7. The Balaban J connectivity index is 3.00. The Morgan fingerprint density at radius 3 is 2.88 bits per heavy atom. The third-order valence-electron chi connectivity index (χ3n) is 1.79. The summed E-state index contributed by atoms with van der Waals surface area (Å²) in [5, 5.41) is 9.94. The lowest BCUT2D eigenvalue weighted by atomic mass is 10.2. The van der Waals surface area contributed by atoms with E-state index in [0.717, 1.165) is 4.48 Å². The number of rotatable bonds is 3. The molecule has 86 valence electrons. The number of nitrogens with two attached hydrogens (primary N) is 1. The Kier molecular flexibility index (Phi) is 4.64. The van der Waals surface area contributed by atoms with Crippen LogP contribution in [-0.4, -0.2) is 12.3 Å². The number of ether oxygens (including phenoxy) is 1. The van der Waals surface area contributed by atoms with E-state index in [9.17, 15) is 0 Å². The zero-order valence-electron chi connectivity index (χ0n) is 8.55. The number of halogens is 2.